The molecule has 1 saturated heterocycles. The zero-order valence-corrected chi connectivity index (χ0v) is 13.6. The summed E-state index contributed by atoms with van der Waals surface area (Å²) >= 11 is 3.39. The Morgan fingerprint density at radius 3 is 2.84 bits per heavy atom. The predicted octanol–water partition coefficient (Wildman–Crippen LogP) is 2.13. The molecule has 1 unspecified atom stereocenters. The van der Waals surface area contributed by atoms with E-state index in [0.717, 1.165) is 18.4 Å². The van der Waals surface area contributed by atoms with E-state index in [1.165, 1.54) is 0 Å². The van der Waals surface area contributed by atoms with Crippen molar-refractivity contribution >= 4 is 26.0 Å². The lowest BCUT2D eigenvalue weighted by Gasteiger charge is -2.32. The van der Waals surface area contributed by atoms with Crippen molar-refractivity contribution in [2.75, 3.05) is 20.1 Å². The van der Waals surface area contributed by atoms with Gasteiger partial charge in [-0.1, -0.05) is 12.1 Å². The summed E-state index contributed by atoms with van der Waals surface area (Å²) in [7, 11) is -1.53. The first-order chi connectivity index (χ1) is 8.96. The molecule has 1 atom stereocenters. The Bertz CT molecular complexity index is 560. The summed E-state index contributed by atoms with van der Waals surface area (Å²) in [5.41, 5.74) is 0.934. The monoisotopic (exact) mass is 346 g/mol. The van der Waals surface area contributed by atoms with Crippen LogP contribution in [0.2, 0.25) is 0 Å². The van der Waals surface area contributed by atoms with Crippen LogP contribution in [0.15, 0.2) is 27.6 Å². The highest BCUT2D eigenvalue weighted by Gasteiger charge is 2.31. The number of piperidine rings is 1. The molecule has 0 saturated carbocycles. The van der Waals surface area contributed by atoms with E-state index in [4.69, 9.17) is 0 Å². The van der Waals surface area contributed by atoms with Crippen LogP contribution in [0.5, 0.6) is 0 Å². The number of nitrogens with one attached hydrogen (secondary N) is 1. The Labute approximate surface area is 123 Å². The van der Waals surface area contributed by atoms with Gasteiger partial charge in [0.15, 0.2) is 0 Å². The van der Waals surface area contributed by atoms with Gasteiger partial charge in [-0.25, -0.2) is 8.42 Å². The van der Waals surface area contributed by atoms with Crippen LogP contribution in [0.1, 0.15) is 18.4 Å². The minimum atomic E-state index is -3.41. The molecule has 0 radical (unpaired) electrons. The van der Waals surface area contributed by atoms with Crippen LogP contribution < -0.4 is 5.32 Å². The summed E-state index contributed by atoms with van der Waals surface area (Å²) in [5, 5.41) is 3.17. The standard InChI is InChI=1S/C13H19BrN2O2S/c1-10-5-3-7-12(13(10)14)19(17,18)16-8-4-6-11(9-16)15-2/h3,5,7,11,15H,4,6,8-9H2,1-2H3. The molecule has 4 nitrogen and oxygen atoms in total. The molecule has 19 heavy (non-hydrogen) atoms. The van der Waals surface area contributed by atoms with Gasteiger partial charge in [-0.15, -0.1) is 0 Å². The fourth-order valence-corrected chi connectivity index (χ4v) is 4.89. The van der Waals surface area contributed by atoms with Crippen LogP contribution in [-0.4, -0.2) is 38.9 Å². The van der Waals surface area contributed by atoms with Gasteiger partial charge in [-0.3, -0.25) is 0 Å². The van der Waals surface area contributed by atoms with Gasteiger partial charge in [0, 0.05) is 23.6 Å². The van der Waals surface area contributed by atoms with Gasteiger partial charge in [-0.05, 0) is 54.4 Å². The van der Waals surface area contributed by atoms with E-state index in [1.807, 2.05) is 20.0 Å². The number of benzene rings is 1. The third-order valence-electron chi connectivity index (χ3n) is 3.57. The maximum atomic E-state index is 12.7. The number of rotatable bonds is 3. The van der Waals surface area contributed by atoms with E-state index in [9.17, 15) is 8.42 Å². The normalized spacial score (nSPS) is 21.5. The molecule has 1 N–H and O–H groups in total. The second-order valence-corrected chi connectivity index (χ2v) is 7.58. The molecule has 1 aliphatic rings. The van der Waals surface area contributed by atoms with Crippen LogP contribution in [0.25, 0.3) is 0 Å². The second kappa shape index (κ2) is 5.91. The van der Waals surface area contributed by atoms with Crippen molar-refractivity contribution in [3.63, 3.8) is 0 Å². The first-order valence-electron chi connectivity index (χ1n) is 6.39. The SMILES string of the molecule is CNC1CCCN(S(=O)(=O)c2cccc(C)c2Br)C1. The van der Waals surface area contributed by atoms with Crippen LogP contribution in [0.3, 0.4) is 0 Å². The number of nitrogens with zero attached hydrogens (tertiary/aromatic N) is 1. The number of halogens is 1. The second-order valence-electron chi connectivity index (χ2n) is 4.88. The lowest BCUT2D eigenvalue weighted by Crippen LogP contribution is -2.46. The quantitative estimate of drug-likeness (QED) is 0.911. The highest BCUT2D eigenvalue weighted by atomic mass is 79.9. The van der Waals surface area contributed by atoms with Crippen LogP contribution in [-0.2, 0) is 10.0 Å². The number of hydrogen-bond acceptors (Lipinski definition) is 3. The Kier molecular flexibility index (Phi) is 4.66. The Balaban J connectivity index is 2.34. The molecule has 106 valence electrons. The first kappa shape index (κ1) is 15.0. The van der Waals surface area contributed by atoms with Gasteiger partial charge < -0.3 is 5.32 Å². The van der Waals surface area contributed by atoms with E-state index in [2.05, 4.69) is 21.2 Å². The number of hydrogen-bond donors (Lipinski definition) is 1. The van der Waals surface area contributed by atoms with Gasteiger partial charge in [0.2, 0.25) is 10.0 Å². The summed E-state index contributed by atoms with van der Waals surface area (Å²) in [6.45, 7) is 3.04. The molecule has 2 rings (SSSR count). The van der Waals surface area contributed by atoms with E-state index >= 15 is 0 Å². The topological polar surface area (TPSA) is 49.4 Å². The highest BCUT2D eigenvalue weighted by Crippen LogP contribution is 2.29. The molecule has 0 spiro atoms. The summed E-state index contributed by atoms with van der Waals surface area (Å²) in [6.07, 6.45) is 1.92. The van der Waals surface area contributed by atoms with Crippen molar-refractivity contribution in [3.05, 3.63) is 28.2 Å². The maximum Gasteiger partial charge on any atom is 0.244 e. The van der Waals surface area contributed by atoms with Crippen LogP contribution in [0, 0.1) is 6.92 Å². The van der Waals surface area contributed by atoms with E-state index in [-0.39, 0.29) is 6.04 Å². The number of likely N-dealkylation sites (N-methyl/N-ethyl adjacent to an activating group) is 1. The van der Waals surface area contributed by atoms with E-state index in [1.54, 1.807) is 16.4 Å². The van der Waals surface area contributed by atoms with Crippen LogP contribution in [0.4, 0.5) is 0 Å². The average molecular weight is 347 g/mol. The minimum absolute atomic E-state index is 0.243. The summed E-state index contributed by atoms with van der Waals surface area (Å²) in [6, 6.07) is 5.59. The van der Waals surface area contributed by atoms with Gasteiger partial charge >= 0.3 is 0 Å². The molecule has 1 heterocycles. The molecular weight excluding hydrogens is 328 g/mol. The van der Waals surface area contributed by atoms with E-state index < -0.39 is 10.0 Å². The maximum absolute atomic E-state index is 12.7. The van der Waals surface area contributed by atoms with Crippen LogP contribution >= 0.6 is 15.9 Å². The zero-order valence-electron chi connectivity index (χ0n) is 11.2. The molecular formula is C13H19BrN2O2S. The third kappa shape index (κ3) is 3.02. The van der Waals surface area contributed by atoms with Crippen molar-refractivity contribution < 1.29 is 8.42 Å². The first-order valence-corrected chi connectivity index (χ1v) is 8.62. The highest BCUT2D eigenvalue weighted by molar-refractivity contribution is 9.10. The van der Waals surface area contributed by atoms with Gasteiger partial charge in [-0.2, -0.15) is 4.31 Å². The van der Waals surface area contributed by atoms with Crippen molar-refractivity contribution in [1.29, 1.82) is 0 Å². The van der Waals surface area contributed by atoms with Crippen molar-refractivity contribution in [2.45, 2.75) is 30.7 Å². The van der Waals surface area contributed by atoms with Crippen molar-refractivity contribution in [1.82, 2.24) is 9.62 Å². The fraction of sp³-hybridized carbons (Fsp3) is 0.538. The Morgan fingerprint density at radius 1 is 1.42 bits per heavy atom. The van der Waals surface area contributed by atoms with E-state index in [0.29, 0.717) is 22.5 Å². The zero-order chi connectivity index (χ0) is 14.0. The van der Waals surface area contributed by atoms with Gasteiger partial charge in [0.1, 0.15) is 0 Å². The molecule has 0 bridgehead atoms. The molecule has 1 aliphatic heterocycles. The Hall–Kier alpha value is -0.430. The molecule has 1 aromatic carbocycles. The molecule has 0 aromatic heterocycles. The largest absolute Gasteiger partial charge is 0.316 e. The van der Waals surface area contributed by atoms with Crippen molar-refractivity contribution in [2.24, 2.45) is 0 Å². The number of sulfonamides is 1. The third-order valence-corrected chi connectivity index (χ3v) is 6.79. The summed E-state index contributed by atoms with van der Waals surface area (Å²) in [5.74, 6) is 0. The minimum Gasteiger partial charge on any atom is -0.316 e. The molecule has 1 aromatic rings. The summed E-state index contributed by atoms with van der Waals surface area (Å²) in [4.78, 5) is 0.365. The smallest absolute Gasteiger partial charge is 0.244 e. The lowest BCUT2D eigenvalue weighted by molar-refractivity contribution is 0.292. The predicted molar refractivity (Wildman–Crippen MR) is 79.7 cm³/mol. The molecule has 1 fully saturated rings. The van der Waals surface area contributed by atoms with Gasteiger partial charge in [0.25, 0.3) is 0 Å². The molecule has 0 amide bonds. The van der Waals surface area contributed by atoms with Crippen molar-refractivity contribution in [3.8, 4) is 0 Å². The molecule has 6 heteroatoms. The lowest BCUT2D eigenvalue weighted by atomic mass is 10.1. The fourth-order valence-electron chi connectivity index (χ4n) is 2.36. The molecule has 0 aliphatic carbocycles. The Morgan fingerprint density at radius 2 is 2.16 bits per heavy atom. The average Bonchev–Trinajstić information content (AvgIpc) is 2.41. The summed E-state index contributed by atoms with van der Waals surface area (Å²) < 4.78 is 27.6. The number of aryl methyl sites for hydroxylation is 1. The van der Waals surface area contributed by atoms with Gasteiger partial charge in [0.05, 0.1) is 4.90 Å².